The largest absolute Gasteiger partial charge is 0.386 e. The Kier molecular flexibility index (Phi) is 12.6. The molecule has 2 aromatic rings. The molecule has 6 fully saturated rings. The minimum atomic E-state index is -3.10. The number of carbonyl (C=O) groups is 3. The molecule has 3 amide bonds. The molecule has 6 N–H and O–H groups in total. The molecule has 2 aliphatic carbocycles. The molecule has 3 atom stereocenters. The number of para-hydroxylation sites is 1. The van der Waals surface area contributed by atoms with E-state index in [0.717, 1.165) is 107 Å². The molecular formula is C45H58F2N12O5. The van der Waals surface area contributed by atoms with Crippen LogP contribution < -0.4 is 27.0 Å². The van der Waals surface area contributed by atoms with Crippen LogP contribution in [0.3, 0.4) is 0 Å². The van der Waals surface area contributed by atoms with Gasteiger partial charge in [-0.1, -0.05) is 12.1 Å². The number of amidine groups is 1. The number of hydrogen-bond donors (Lipinski definition) is 6. The number of alkyl halides is 2. The van der Waals surface area contributed by atoms with Crippen LogP contribution in [-0.4, -0.2) is 136 Å². The van der Waals surface area contributed by atoms with Gasteiger partial charge in [0.05, 0.1) is 41.1 Å². The topological polar surface area (TPSA) is 205 Å². The first-order valence-corrected chi connectivity index (χ1v) is 22.7. The molecule has 9 rings (SSSR count). The number of aryl methyl sites for hydroxylation is 1. The average molecular weight is 885 g/mol. The molecule has 0 radical (unpaired) electrons. The van der Waals surface area contributed by atoms with Crippen molar-refractivity contribution < 1.29 is 27.9 Å². The summed E-state index contributed by atoms with van der Waals surface area (Å²) in [7, 11) is 1.76. The molecule has 1 aromatic heterocycles. The third-order valence-electron chi connectivity index (χ3n) is 14.5. The maximum Gasteiger partial charge on any atom is 0.329 e. The summed E-state index contributed by atoms with van der Waals surface area (Å²) in [4.78, 5) is 63.1. The number of imide groups is 1. The fraction of sp³-hybridized carbons (Fsp3) is 0.578. The number of morpholine rings is 1. The maximum absolute atomic E-state index is 13.8. The fourth-order valence-electron chi connectivity index (χ4n) is 10.9. The van der Waals surface area contributed by atoms with Gasteiger partial charge in [-0.2, -0.15) is 0 Å². The van der Waals surface area contributed by atoms with Crippen molar-refractivity contribution in [2.45, 2.75) is 101 Å². The molecule has 2 unspecified atom stereocenters. The number of fused-ring (bicyclic) bond motifs is 3. The standard InChI is InChI=1S/C45H58F2N12O5/c1-55-40-28(3-2-4-35(40)59(45(55)63)36-9-10-38(60)54-44(36)62)17-27-18-30(19-27)57-15-13-56(14-16-57)23-26-5-7-29(8-6-26)51-22-34(39(49)41(46)47)52-43(61)33(21-48)42-50-12-11-37(53-42)58-24-32-20-31(58)25-64-32/h2-4,11-12,21-22,26-27,29-32,36,41,48-51H,5-10,13-20,23-25H2,1H3,(H,52,61)(H,54,60,62)/b34-22-,42-33-,48-21?,49-39?/t26-,27-,29-,30-,31?,32-,36?/m1/s1. The Hall–Kier alpha value is -5.53. The number of ether oxygens (including phenoxy) is 1. The second-order valence-electron chi connectivity index (χ2n) is 18.5. The normalized spacial score (nSPS) is 29.6. The number of aromatic nitrogens is 2. The van der Waals surface area contributed by atoms with E-state index in [1.165, 1.54) is 6.20 Å². The first kappa shape index (κ1) is 43.7. The van der Waals surface area contributed by atoms with Crippen molar-refractivity contribution >= 4 is 46.5 Å². The van der Waals surface area contributed by atoms with Gasteiger partial charge in [-0.15, -0.1) is 0 Å². The quantitative estimate of drug-likeness (QED) is 0.0986. The number of rotatable bonds is 13. The summed E-state index contributed by atoms with van der Waals surface area (Å²) in [6, 6.07) is 5.98. The summed E-state index contributed by atoms with van der Waals surface area (Å²) < 4.78 is 36.6. The lowest BCUT2D eigenvalue weighted by Gasteiger charge is -2.47. The second-order valence-corrected chi connectivity index (χ2v) is 18.5. The average Bonchev–Trinajstić information content (AvgIpc) is 3.99. The molecule has 4 saturated heterocycles. The first-order chi connectivity index (χ1) is 30.9. The van der Waals surface area contributed by atoms with E-state index in [0.29, 0.717) is 43.3 Å². The number of halogens is 2. The van der Waals surface area contributed by atoms with Gasteiger partial charge in [0.25, 0.3) is 12.3 Å². The summed E-state index contributed by atoms with van der Waals surface area (Å²) in [5.74, 6) is 0.252. The first-order valence-electron chi connectivity index (χ1n) is 22.7. The van der Waals surface area contributed by atoms with E-state index in [2.05, 4.69) is 47.0 Å². The Balaban J connectivity index is 0.725. The zero-order valence-corrected chi connectivity index (χ0v) is 36.2. The number of hydrogen-bond acceptors (Lipinski definition) is 13. The Morgan fingerprint density at radius 1 is 1.03 bits per heavy atom. The number of aliphatic imine (C=N–C) groups is 1. The van der Waals surface area contributed by atoms with Gasteiger partial charge in [-0.25, -0.2) is 18.6 Å². The van der Waals surface area contributed by atoms with Crippen molar-refractivity contribution in [1.82, 2.24) is 45.1 Å². The van der Waals surface area contributed by atoms with Crippen LogP contribution in [-0.2, 0) is 32.6 Å². The number of amides is 3. The van der Waals surface area contributed by atoms with Crippen LogP contribution in [0.15, 0.2) is 63.6 Å². The maximum atomic E-state index is 13.8. The van der Waals surface area contributed by atoms with E-state index < -0.39 is 30.0 Å². The molecule has 0 spiro atoms. The smallest absolute Gasteiger partial charge is 0.329 e. The van der Waals surface area contributed by atoms with Crippen molar-refractivity contribution in [1.29, 1.82) is 10.8 Å². The minimum Gasteiger partial charge on any atom is -0.386 e. The minimum absolute atomic E-state index is 0.0109. The van der Waals surface area contributed by atoms with Gasteiger partial charge >= 0.3 is 5.69 Å². The SMILES string of the molecule is Cn1c(=O)n(C2CCC(=O)NC2=O)c2cccc(C[C@H]3C[C@H](N4CCN(C[C@H]5CC[C@H](N/C=C(\NC(=O)/C(C=N)=C6\N=C(N7C[C@H]8CC7CO8)C=CN6)C(=N)C(F)F)CC5)CC4)C3)c21. The van der Waals surface area contributed by atoms with Crippen LogP contribution in [0.4, 0.5) is 8.78 Å². The van der Waals surface area contributed by atoms with Crippen molar-refractivity contribution in [2.24, 2.45) is 23.9 Å². The van der Waals surface area contributed by atoms with Crippen LogP contribution in [0.2, 0.25) is 0 Å². The summed E-state index contributed by atoms with van der Waals surface area (Å²) >= 11 is 0. The monoisotopic (exact) mass is 884 g/mol. The van der Waals surface area contributed by atoms with Crippen LogP contribution >= 0.6 is 0 Å². The number of nitrogens with zero attached hydrogens (tertiary/aromatic N) is 6. The molecule has 342 valence electrons. The Morgan fingerprint density at radius 3 is 2.50 bits per heavy atom. The number of carbonyl (C=O) groups excluding carboxylic acids is 3. The highest BCUT2D eigenvalue weighted by atomic mass is 19.3. The van der Waals surface area contributed by atoms with Crippen LogP contribution in [0.1, 0.15) is 69.4 Å². The van der Waals surface area contributed by atoms with Crippen LogP contribution in [0, 0.1) is 22.7 Å². The number of benzene rings is 1. The van der Waals surface area contributed by atoms with Crippen molar-refractivity contribution in [2.75, 3.05) is 45.9 Å². The van der Waals surface area contributed by atoms with E-state index in [-0.39, 0.29) is 53.3 Å². The third-order valence-corrected chi connectivity index (χ3v) is 14.5. The highest BCUT2D eigenvalue weighted by molar-refractivity contribution is 6.15. The molecule has 6 heterocycles. The second kappa shape index (κ2) is 18.5. The zero-order chi connectivity index (χ0) is 44.6. The third kappa shape index (κ3) is 8.93. The van der Waals surface area contributed by atoms with Crippen molar-refractivity contribution in [3.63, 3.8) is 0 Å². The number of imidazole rings is 1. The van der Waals surface area contributed by atoms with Gasteiger partial charge in [-0.05, 0) is 87.3 Å². The Labute approximate surface area is 370 Å². The van der Waals surface area contributed by atoms with Gasteiger partial charge in [-0.3, -0.25) is 39.1 Å². The molecular weight excluding hydrogens is 827 g/mol. The van der Waals surface area contributed by atoms with Crippen LogP contribution in [0.25, 0.3) is 11.0 Å². The summed E-state index contributed by atoms with van der Waals surface area (Å²) in [6.45, 7) is 6.37. The lowest BCUT2D eigenvalue weighted by atomic mass is 9.75. The summed E-state index contributed by atoms with van der Waals surface area (Å²) in [5.41, 5.74) is 0.964. The molecule has 64 heavy (non-hydrogen) atoms. The highest BCUT2D eigenvalue weighted by Gasteiger charge is 2.41. The molecule has 7 aliphatic rings. The van der Waals surface area contributed by atoms with Crippen molar-refractivity contribution in [3.05, 3.63) is 69.8 Å². The van der Waals surface area contributed by atoms with Gasteiger partial charge in [0.15, 0.2) is 0 Å². The van der Waals surface area contributed by atoms with Gasteiger partial charge < -0.3 is 35.9 Å². The van der Waals surface area contributed by atoms with Gasteiger partial charge in [0.1, 0.15) is 23.4 Å². The Bertz CT molecular complexity index is 2370. The summed E-state index contributed by atoms with van der Waals surface area (Å²) in [5, 5.41) is 27.0. The molecule has 17 nitrogen and oxygen atoms in total. The van der Waals surface area contributed by atoms with E-state index in [9.17, 15) is 28.0 Å². The summed E-state index contributed by atoms with van der Waals surface area (Å²) in [6.07, 6.45) is 10.7. The molecule has 19 heteroatoms. The lowest BCUT2D eigenvalue weighted by molar-refractivity contribution is -0.135. The molecule has 1 aromatic carbocycles. The van der Waals surface area contributed by atoms with Crippen molar-refractivity contribution in [3.8, 4) is 0 Å². The van der Waals surface area contributed by atoms with E-state index in [1.54, 1.807) is 28.5 Å². The predicted molar refractivity (Wildman–Crippen MR) is 236 cm³/mol. The molecule has 5 aliphatic heterocycles. The zero-order valence-electron chi connectivity index (χ0n) is 36.2. The number of allylic oxidation sites excluding steroid dienone is 1. The van der Waals surface area contributed by atoms with E-state index in [4.69, 9.17) is 15.6 Å². The van der Waals surface area contributed by atoms with Crippen LogP contribution in [0.5, 0.6) is 0 Å². The number of piperazine rings is 1. The van der Waals surface area contributed by atoms with Gasteiger partial charge in [0, 0.05) is 83.4 Å². The number of likely N-dealkylation sites (tertiary alicyclic amines) is 1. The predicted octanol–water partition coefficient (Wildman–Crippen LogP) is 2.50. The molecule has 2 bridgehead atoms. The number of nitrogens with one attached hydrogen (secondary N) is 6. The lowest BCUT2D eigenvalue weighted by Crippen LogP contribution is -2.55. The fourth-order valence-corrected chi connectivity index (χ4v) is 10.9. The molecule has 2 saturated carbocycles. The Morgan fingerprint density at radius 2 is 1.81 bits per heavy atom. The van der Waals surface area contributed by atoms with Gasteiger partial charge in [0.2, 0.25) is 11.8 Å². The van der Waals surface area contributed by atoms with E-state index >= 15 is 0 Å². The highest BCUT2D eigenvalue weighted by Crippen LogP contribution is 2.37. The number of piperidine rings is 1. The van der Waals surface area contributed by atoms with E-state index in [1.807, 2.05) is 12.1 Å².